The molecular formula is C19H21N3O. The maximum Gasteiger partial charge on any atom is 0.222 e. The zero-order valence-electron chi connectivity index (χ0n) is 13.5. The highest BCUT2D eigenvalue weighted by Crippen LogP contribution is 2.15. The Morgan fingerprint density at radius 3 is 2.61 bits per heavy atom. The van der Waals surface area contributed by atoms with Crippen molar-refractivity contribution < 1.29 is 4.79 Å². The molecule has 0 bridgehead atoms. The highest BCUT2D eigenvalue weighted by atomic mass is 16.1. The maximum atomic E-state index is 12.0. The van der Waals surface area contributed by atoms with Crippen LogP contribution in [0.3, 0.4) is 0 Å². The number of hydrogen-bond acceptors (Lipinski definition) is 2. The van der Waals surface area contributed by atoms with Crippen molar-refractivity contribution in [2.24, 2.45) is 0 Å². The van der Waals surface area contributed by atoms with E-state index in [1.807, 2.05) is 23.0 Å². The Morgan fingerprint density at radius 1 is 1.09 bits per heavy atom. The standard InChI is InChI=1S/C19H21N3O/c1-14-3-6-16(7-4-14)12-20-19(23)9-10-22-18-8-5-15(2)11-17(18)13-21-22/h3-8,11,13H,9-10,12H2,1-2H3,(H,20,23). The van der Waals surface area contributed by atoms with Crippen molar-refractivity contribution in [3.63, 3.8) is 0 Å². The van der Waals surface area contributed by atoms with Gasteiger partial charge in [0.2, 0.25) is 5.91 Å². The summed E-state index contributed by atoms with van der Waals surface area (Å²) in [6.45, 7) is 5.28. The van der Waals surface area contributed by atoms with Crippen molar-refractivity contribution in [2.45, 2.75) is 33.4 Å². The summed E-state index contributed by atoms with van der Waals surface area (Å²) in [7, 11) is 0. The largest absolute Gasteiger partial charge is 0.352 e. The van der Waals surface area contributed by atoms with Gasteiger partial charge in [0, 0.05) is 18.4 Å². The topological polar surface area (TPSA) is 46.9 Å². The van der Waals surface area contributed by atoms with E-state index in [-0.39, 0.29) is 5.91 Å². The second-order valence-electron chi connectivity index (χ2n) is 5.94. The van der Waals surface area contributed by atoms with Crippen LogP contribution in [0.4, 0.5) is 0 Å². The predicted molar refractivity (Wildman–Crippen MR) is 92.1 cm³/mol. The van der Waals surface area contributed by atoms with Crippen LogP contribution in [-0.2, 0) is 17.9 Å². The van der Waals surface area contributed by atoms with Gasteiger partial charge in [0.25, 0.3) is 0 Å². The minimum atomic E-state index is 0.0429. The molecule has 4 nitrogen and oxygen atoms in total. The normalized spacial score (nSPS) is 10.9. The van der Waals surface area contributed by atoms with E-state index in [1.54, 1.807) is 0 Å². The fraction of sp³-hybridized carbons (Fsp3) is 0.263. The first-order valence-corrected chi connectivity index (χ1v) is 7.86. The zero-order valence-corrected chi connectivity index (χ0v) is 13.5. The number of nitrogens with zero attached hydrogens (tertiary/aromatic N) is 2. The van der Waals surface area contributed by atoms with Gasteiger partial charge in [-0.15, -0.1) is 0 Å². The number of carbonyl (C=O) groups is 1. The van der Waals surface area contributed by atoms with E-state index in [9.17, 15) is 4.79 Å². The molecule has 0 radical (unpaired) electrons. The summed E-state index contributed by atoms with van der Waals surface area (Å²) >= 11 is 0. The number of hydrogen-bond donors (Lipinski definition) is 1. The van der Waals surface area contributed by atoms with Crippen LogP contribution in [0.15, 0.2) is 48.7 Å². The number of benzene rings is 2. The molecule has 1 aromatic heterocycles. The lowest BCUT2D eigenvalue weighted by Gasteiger charge is -2.07. The maximum absolute atomic E-state index is 12.0. The van der Waals surface area contributed by atoms with E-state index in [0.717, 1.165) is 16.5 Å². The van der Waals surface area contributed by atoms with Crippen molar-refractivity contribution in [3.8, 4) is 0 Å². The SMILES string of the molecule is Cc1ccc(CNC(=O)CCn2ncc3cc(C)ccc32)cc1. The summed E-state index contributed by atoms with van der Waals surface area (Å²) in [5.74, 6) is 0.0429. The van der Waals surface area contributed by atoms with E-state index in [1.165, 1.54) is 11.1 Å². The highest BCUT2D eigenvalue weighted by Gasteiger charge is 2.06. The fourth-order valence-corrected chi connectivity index (χ4v) is 2.59. The third-order valence-electron chi connectivity index (χ3n) is 3.96. The highest BCUT2D eigenvalue weighted by molar-refractivity contribution is 5.80. The molecule has 0 spiro atoms. The molecule has 118 valence electrons. The minimum absolute atomic E-state index is 0.0429. The quantitative estimate of drug-likeness (QED) is 0.785. The molecule has 0 saturated carbocycles. The molecule has 3 aromatic rings. The Balaban J connectivity index is 1.54. The van der Waals surface area contributed by atoms with Crippen LogP contribution >= 0.6 is 0 Å². The van der Waals surface area contributed by atoms with Crippen LogP contribution in [0, 0.1) is 13.8 Å². The Labute approximate surface area is 136 Å². The van der Waals surface area contributed by atoms with Crippen LogP contribution in [0.5, 0.6) is 0 Å². The molecule has 0 atom stereocenters. The summed E-state index contributed by atoms with van der Waals surface area (Å²) in [5.41, 5.74) is 4.62. The summed E-state index contributed by atoms with van der Waals surface area (Å²) in [5, 5.41) is 8.45. The van der Waals surface area contributed by atoms with Gasteiger partial charge in [-0.2, -0.15) is 5.10 Å². The molecule has 2 aromatic carbocycles. The van der Waals surface area contributed by atoms with E-state index in [2.05, 4.69) is 54.6 Å². The van der Waals surface area contributed by atoms with Gasteiger partial charge in [-0.25, -0.2) is 0 Å². The average molecular weight is 307 g/mol. The number of fused-ring (bicyclic) bond motifs is 1. The first-order chi connectivity index (χ1) is 11.1. The second kappa shape index (κ2) is 6.65. The molecule has 0 aliphatic carbocycles. The monoisotopic (exact) mass is 307 g/mol. The van der Waals surface area contributed by atoms with Gasteiger partial charge in [0.15, 0.2) is 0 Å². The third kappa shape index (κ3) is 3.77. The van der Waals surface area contributed by atoms with Crippen molar-refractivity contribution in [1.29, 1.82) is 0 Å². The van der Waals surface area contributed by atoms with Gasteiger partial charge in [-0.05, 0) is 31.5 Å². The van der Waals surface area contributed by atoms with E-state index >= 15 is 0 Å². The van der Waals surface area contributed by atoms with Gasteiger partial charge in [-0.3, -0.25) is 9.48 Å². The lowest BCUT2D eigenvalue weighted by atomic mass is 10.1. The molecule has 3 rings (SSSR count). The second-order valence-corrected chi connectivity index (χ2v) is 5.94. The van der Waals surface area contributed by atoms with Crippen LogP contribution < -0.4 is 5.32 Å². The van der Waals surface area contributed by atoms with Crippen molar-refractivity contribution >= 4 is 16.8 Å². The molecule has 0 aliphatic rings. The van der Waals surface area contributed by atoms with Gasteiger partial charge in [0.05, 0.1) is 18.3 Å². The summed E-state index contributed by atoms with van der Waals surface area (Å²) in [6, 6.07) is 14.4. The first-order valence-electron chi connectivity index (χ1n) is 7.86. The number of aromatic nitrogens is 2. The smallest absolute Gasteiger partial charge is 0.222 e. The van der Waals surface area contributed by atoms with Gasteiger partial charge >= 0.3 is 0 Å². The molecule has 1 N–H and O–H groups in total. The van der Waals surface area contributed by atoms with Crippen LogP contribution in [0.25, 0.3) is 10.9 Å². The predicted octanol–water partition coefficient (Wildman–Crippen LogP) is 3.36. The van der Waals surface area contributed by atoms with Crippen molar-refractivity contribution in [2.75, 3.05) is 0 Å². The number of aryl methyl sites for hydroxylation is 3. The average Bonchev–Trinajstić information content (AvgIpc) is 2.94. The Hall–Kier alpha value is -2.62. The fourth-order valence-electron chi connectivity index (χ4n) is 2.59. The molecule has 1 heterocycles. The van der Waals surface area contributed by atoms with Gasteiger partial charge in [0.1, 0.15) is 0 Å². The third-order valence-corrected chi connectivity index (χ3v) is 3.96. The van der Waals surface area contributed by atoms with Crippen LogP contribution in [0.2, 0.25) is 0 Å². The molecule has 4 heteroatoms. The lowest BCUT2D eigenvalue weighted by molar-refractivity contribution is -0.121. The van der Waals surface area contributed by atoms with Crippen molar-refractivity contribution in [1.82, 2.24) is 15.1 Å². The van der Waals surface area contributed by atoms with Gasteiger partial charge < -0.3 is 5.32 Å². The Bertz CT molecular complexity index is 818. The molecule has 0 unspecified atom stereocenters. The number of rotatable bonds is 5. The molecule has 23 heavy (non-hydrogen) atoms. The molecule has 0 aliphatic heterocycles. The molecule has 0 fully saturated rings. The molecular weight excluding hydrogens is 286 g/mol. The first kappa shape index (κ1) is 15.3. The summed E-state index contributed by atoms with van der Waals surface area (Å²) in [4.78, 5) is 12.0. The van der Waals surface area contributed by atoms with E-state index in [4.69, 9.17) is 0 Å². The van der Waals surface area contributed by atoms with Crippen molar-refractivity contribution in [3.05, 3.63) is 65.4 Å². The Kier molecular flexibility index (Phi) is 4.42. The van der Waals surface area contributed by atoms with E-state index in [0.29, 0.717) is 19.5 Å². The number of nitrogens with one attached hydrogen (secondary N) is 1. The minimum Gasteiger partial charge on any atom is -0.352 e. The summed E-state index contributed by atoms with van der Waals surface area (Å²) in [6.07, 6.45) is 2.28. The molecule has 1 amide bonds. The number of carbonyl (C=O) groups excluding carboxylic acids is 1. The molecule has 0 saturated heterocycles. The zero-order chi connectivity index (χ0) is 16.2. The lowest BCUT2D eigenvalue weighted by Crippen LogP contribution is -2.24. The van der Waals surface area contributed by atoms with Gasteiger partial charge in [-0.1, -0.05) is 41.5 Å². The van der Waals surface area contributed by atoms with Crippen LogP contribution in [-0.4, -0.2) is 15.7 Å². The number of amides is 1. The van der Waals surface area contributed by atoms with Crippen LogP contribution in [0.1, 0.15) is 23.1 Å². The van der Waals surface area contributed by atoms with E-state index < -0.39 is 0 Å². The Morgan fingerprint density at radius 2 is 1.83 bits per heavy atom. The summed E-state index contributed by atoms with van der Waals surface area (Å²) < 4.78 is 1.89.